The Morgan fingerprint density at radius 1 is 0.850 bits per heavy atom. The molecule has 20 heavy (non-hydrogen) atoms. The van der Waals surface area contributed by atoms with E-state index in [1.807, 2.05) is 61.4 Å². The quantitative estimate of drug-likeness (QED) is 0.720. The van der Waals surface area contributed by atoms with Gasteiger partial charge in [0.2, 0.25) is 0 Å². The van der Waals surface area contributed by atoms with Gasteiger partial charge in [-0.05, 0) is 30.3 Å². The Bertz CT molecular complexity index is 682. The molecule has 0 aliphatic heterocycles. The molecule has 0 saturated carbocycles. The summed E-state index contributed by atoms with van der Waals surface area (Å²) in [5, 5.41) is 4.63. The van der Waals surface area contributed by atoms with E-state index in [9.17, 15) is 0 Å². The van der Waals surface area contributed by atoms with Gasteiger partial charge in [-0.25, -0.2) is 4.68 Å². The van der Waals surface area contributed by atoms with Crippen molar-refractivity contribution in [3.8, 4) is 16.9 Å². The van der Waals surface area contributed by atoms with Crippen molar-refractivity contribution in [3.05, 3.63) is 66.9 Å². The number of nitrogens with zero attached hydrogens (tertiary/aromatic N) is 3. The first-order valence-corrected chi connectivity index (χ1v) is 6.63. The Morgan fingerprint density at radius 2 is 1.55 bits per heavy atom. The minimum absolute atomic E-state index is 0.985. The van der Waals surface area contributed by atoms with Gasteiger partial charge in [0.05, 0.1) is 11.4 Å². The van der Waals surface area contributed by atoms with Crippen LogP contribution in [0.5, 0.6) is 0 Å². The molecule has 0 radical (unpaired) electrons. The zero-order valence-electron chi connectivity index (χ0n) is 11.7. The summed E-state index contributed by atoms with van der Waals surface area (Å²) in [5.41, 5.74) is 4.38. The molecule has 100 valence electrons. The van der Waals surface area contributed by atoms with Gasteiger partial charge in [0.1, 0.15) is 0 Å². The molecule has 0 spiro atoms. The van der Waals surface area contributed by atoms with Crippen LogP contribution in [0, 0.1) is 0 Å². The van der Waals surface area contributed by atoms with E-state index in [2.05, 4.69) is 34.3 Å². The summed E-state index contributed by atoms with van der Waals surface area (Å²) in [7, 11) is 4.08. The number of hydrogen-bond donors (Lipinski definition) is 0. The summed E-state index contributed by atoms with van der Waals surface area (Å²) in [6.45, 7) is 0. The lowest BCUT2D eigenvalue weighted by Crippen LogP contribution is -2.07. The van der Waals surface area contributed by atoms with E-state index in [0.29, 0.717) is 0 Å². The summed E-state index contributed by atoms with van der Waals surface area (Å²) >= 11 is 0. The molecule has 0 amide bonds. The molecule has 0 atom stereocenters. The summed E-state index contributed by atoms with van der Waals surface area (Å²) in [5.74, 6) is 0. The van der Waals surface area contributed by atoms with Crippen LogP contribution in [-0.4, -0.2) is 23.9 Å². The molecule has 0 saturated heterocycles. The average Bonchev–Trinajstić information content (AvgIpc) is 2.98. The number of rotatable bonds is 3. The van der Waals surface area contributed by atoms with Crippen molar-refractivity contribution in [1.82, 2.24) is 9.78 Å². The maximum absolute atomic E-state index is 4.63. The van der Waals surface area contributed by atoms with Crippen LogP contribution >= 0.6 is 0 Å². The molecule has 0 unspecified atom stereocenters. The standard InChI is InChI=1S/C17H17N3/c1-19(2)15-10-8-14(9-11-15)17-12-13-20(18-17)16-6-4-3-5-7-16/h3-13H,1-2H3. The van der Waals surface area contributed by atoms with Crippen molar-refractivity contribution in [1.29, 1.82) is 0 Å². The van der Waals surface area contributed by atoms with Crippen LogP contribution in [0.4, 0.5) is 5.69 Å². The van der Waals surface area contributed by atoms with Crippen LogP contribution < -0.4 is 4.90 Å². The Morgan fingerprint density at radius 3 is 2.20 bits per heavy atom. The summed E-state index contributed by atoms with van der Waals surface area (Å²) in [6, 6.07) is 20.6. The van der Waals surface area contributed by atoms with Crippen LogP contribution in [0.25, 0.3) is 16.9 Å². The zero-order valence-corrected chi connectivity index (χ0v) is 11.7. The van der Waals surface area contributed by atoms with E-state index in [1.54, 1.807) is 0 Å². The third-order valence-corrected chi connectivity index (χ3v) is 3.29. The number of anilines is 1. The van der Waals surface area contributed by atoms with E-state index in [0.717, 1.165) is 16.9 Å². The molecule has 3 nitrogen and oxygen atoms in total. The lowest BCUT2D eigenvalue weighted by atomic mass is 10.1. The highest BCUT2D eigenvalue weighted by Crippen LogP contribution is 2.21. The number of para-hydroxylation sites is 1. The molecule has 2 aromatic carbocycles. The van der Waals surface area contributed by atoms with Gasteiger partial charge in [-0.1, -0.05) is 30.3 Å². The summed E-state index contributed by atoms with van der Waals surface area (Å²) in [4.78, 5) is 2.09. The highest BCUT2D eigenvalue weighted by atomic mass is 15.3. The van der Waals surface area contributed by atoms with Gasteiger partial charge >= 0.3 is 0 Å². The largest absolute Gasteiger partial charge is 0.378 e. The number of benzene rings is 2. The van der Waals surface area contributed by atoms with Crippen LogP contribution in [0.3, 0.4) is 0 Å². The highest BCUT2D eigenvalue weighted by molar-refractivity contribution is 5.62. The van der Waals surface area contributed by atoms with Crippen LogP contribution in [0.15, 0.2) is 66.9 Å². The van der Waals surface area contributed by atoms with Crippen molar-refractivity contribution in [2.24, 2.45) is 0 Å². The number of aromatic nitrogens is 2. The Kier molecular flexibility index (Phi) is 3.25. The molecule has 1 heterocycles. The van der Waals surface area contributed by atoms with Gasteiger partial charge in [-0.15, -0.1) is 0 Å². The molecular formula is C17H17N3. The van der Waals surface area contributed by atoms with Crippen molar-refractivity contribution in [2.75, 3.05) is 19.0 Å². The minimum atomic E-state index is 0.985. The Hall–Kier alpha value is -2.55. The van der Waals surface area contributed by atoms with E-state index in [4.69, 9.17) is 0 Å². The average molecular weight is 263 g/mol. The van der Waals surface area contributed by atoms with E-state index >= 15 is 0 Å². The third kappa shape index (κ3) is 2.43. The molecule has 0 fully saturated rings. The van der Waals surface area contributed by atoms with E-state index < -0.39 is 0 Å². The van der Waals surface area contributed by atoms with Crippen LogP contribution in [0.1, 0.15) is 0 Å². The second-order valence-electron chi connectivity index (χ2n) is 4.92. The fraction of sp³-hybridized carbons (Fsp3) is 0.118. The summed E-state index contributed by atoms with van der Waals surface area (Å²) < 4.78 is 1.90. The minimum Gasteiger partial charge on any atom is -0.378 e. The van der Waals surface area contributed by atoms with E-state index in [-0.39, 0.29) is 0 Å². The van der Waals surface area contributed by atoms with E-state index in [1.165, 1.54) is 5.69 Å². The lowest BCUT2D eigenvalue weighted by molar-refractivity contribution is 0.884. The first-order valence-electron chi connectivity index (χ1n) is 6.63. The smallest absolute Gasteiger partial charge is 0.0927 e. The Balaban J connectivity index is 1.90. The second kappa shape index (κ2) is 5.21. The predicted molar refractivity (Wildman–Crippen MR) is 83.3 cm³/mol. The molecule has 3 heteroatoms. The van der Waals surface area contributed by atoms with Crippen molar-refractivity contribution >= 4 is 5.69 Å². The van der Waals surface area contributed by atoms with Gasteiger partial charge in [-0.3, -0.25) is 0 Å². The zero-order chi connectivity index (χ0) is 13.9. The molecule has 0 bridgehead atoms. The number of hydrogen-bond acceptors (Lipinski definition) is 2. The molecule has 1 aromatic heterocycles. The topological polar surface area (TPSA) is 21.1 Å². The first-order chi connectivity index (χ1) is 9.74. The predicted octanol–water partition coefficient (Wildman–Crippen LogP) is 3.61. The highest BCUT2D eigenvalue weighted by Gasteiger charge is 2.04. The molecule has 0 N–H and O–H groups in total. The monoisotopic (exact) mass is 263 g/mol. The van der Waals surface area contributed by atoms with Gasteiger partial charge in [-0.2, -0.15) is 5.10 Å². The second-order valence-corrected chi connectivity index (χ2v) is 4.92. The molecule has 0 aliphatic carbocycles. The van der Waals surface area contributed by atoms with Gasteiger partial charge in [0.15, 0.2) is 0 Å². The van der Waals surface area contributed by atoms with Crippen molar-refractivity contribution in [3.63, 3.8) is 0 Å². The normalized spacial score (nSPS) is 10.5. The van der Waals surface area contributed by atoms with Gasteiger partial charge in [0.25, 0.3) is 0 Å². The van der Waals surface area contributed by atoms with Crippen LogP contribution in [-0.2, 0) is 0 Å². The maximum Gasteiger partial charge on any atom is 0.0927 e. The fourth-order valence-electron chi connectivity index (χ4n) is 2.13. The van der Waals surface area contributed by atoms with Gasteiger partial charge < -0.3 is 4.90 Å². The van der Waals surface area contributed by atoms with Crippen molar-refractivity contribution < 1.29 is 0 Å². The fourth-order valence-corrected chi connectivity index (χ4v) is 2.13. The summed E-state index contributed by atoms with van der Waals surface area (Å²) in [6.07, 6.45) is 1.99. The molecule has 0 aliphatic rings. The van der Waals surface area contributed by atoms with Gasteiger partial charge in [0, 0.05) is 31.5 Å². The SMILES string of the molecule is CN(C)c1ccc(-c2ccn(-c3ccccc3)n2)cc1. The van der Waals surface area contributed by atoms with Crippen molar-refractivity contribution in [2.45, 2.75) is 0 Å². The lowest BCUT2D eigenvalue weighted by Gasteiger charge is -2.12. The van der Waals surface area contributed by atoms with Crippen LogP contribution in [0.2, 0.25) is 0 Å². The molecule has 3 aromatic rings. The maximum atomic E-state index is 4.63. The molecule has 3 rings (SSSR count). The Labute approximate surface area is 119 Å². The first kappa shape index (κ1) is 12.5. The molecular weight excluding hydrogens is 246 g/mol. The third-order valence-electron chi connectivity index (χ3n) is 3.29.